The Balaban J connectivity index is 1.65. The molecule has 120 valence electrons. The summed E-state index contributed by atoms with van der Waals surface area (Å²) >= 11 is 0. The average Bonchev–Trinajstić information content (AvgIpc) is 3.07. The number of nitrogens with zero attached hydrogens (tertiary/aromatic N) is 2. The maximum absolute atomic E-state index is 12.7. The summed E-state index contributed by atoms with van der Waals surface area (Å²) < 4.78 is 5.29. The largest absolute Gasteiger partial charge is 0.467 e. The zero-order valence-corrected chi connectivity index (χ0v) is 13.8. The molecule has 2 saturated heterocycles. The van der Waals surface area contributed by atoms with Crippen molar-refractivity contribution in [3.05, 3.63) is 24.2 Å². The smallest absolute Gasteiger partial charge is 0.228 e. The Labute approximate surface area is 131 Å². The van der Waals surface area contributed by atoms with E-state index in [-0.39, 0.29) is 28.7 Å². The van der Waals surface area contributed by atoms with Crippen molar-refractivity contribution >= 4 is 11.8 Å². The lowest BCUT2D eigenvalue weighted by molar-refractivity contribution is -0.171. The van der Waals surface area contributed by atoms with Crippen molar-refractivity contribution in [2.24, 2.45) is 11.3 Å². The fourth-order valence-electron chi connectivity index (χ4n) is 3.32. The highest BCUT2D eigenvalue weighted by atomic mass is 16.3. The highest BCUT2D eigenvalue weighted by Crippen LogP contribution is 2.47. The van der Waals surface area contributed by atoms with E-state index in [0.29, 0.717) is 19.5 Å². The molecular formula is C17H24N2O3. The molecule has 0 aromatic carbocycles. The standard InChI is InChI=1S/C17H24N2O3/c1-16(2)11-19(17(16,3)4)15(21)12-8-14(20)18(9-12)10-13-6-5-7-22-13/h5-7,12H,8-11H2,1-4H3. The van der Waals surface area contributed by atoms with E-state index >= 15 is 0 Å². The highest BCUT2D eigenvalue weighted by molar-refractivity contribution is 5.90. The van der Waals surface area contributed by atoms with Crippen molar-refractivity contribution in [1.29, 1.82) is 0 Å². The lowest BCUT2D eigenvalue weighted by Crippen LogP contribution is -2.71. The second-order valence-corrected chi connectivity index (χ2v) is 7.62. The van der Waals surface area contributed by atoms with E-state index in [4.69, 9.17) is 4.42 Å². The first-order valence-electron chi connectivity index (χ1n) is 7.84. The van der Waals surface area contributed by atoms with Crippen molar-refractivity contribution in [2.75, 3.05) is 13.1 Å². The maximum atomic E-state index is 12.7. The van der Waals surface area contributed by atoms with E-state index in [1.54, 1.807) is 11.2 Å². The number of furan rings is 1. The Hall–Kier alpha value is -1.78. The van der Waals surface area contributed by atoms with Crippen LogP contribution in [0.1, 0.15) is 39.9 Å². The zero-order chi connectivity index (χ0) is 16.1. The molecule has 0 aliphatic carbocycles. The number of hydrogen-bond donors (Lipinski definition) is 0. The van der Waals surface area contributed by atoms with Crippen molar-refractivity contribution in [3.8, 4) is 0 Å². The van der Waals surface area contributed by atoms with Crippen LogP contribution in [0.4, 0.5) is 0 Å². The van der Waals surface area contributed by atoms with Gasteiger partial charge in [0, 0.05) is 30.5 Å². The summed E-state index contributed by atoms with van der Waals surface area (Å²) in [5, 5.41) is 0. The van der Waals surface area contributed by atoms with Gasteiger partial charge in [0.1, 0.15) is 5.76 Å². The number of rotatable bonds is 3. The first kappa shape index (κ1) is 15.1. The SMILES string of the molecule is CC1(C)CN(C(=O)C2CC(=O)N(Cc3ccco3)C2)C1(C)C. The van der Waals surface area contributed by atoms with E-state index in [1.165, 1.54) is 0 Å². The number of hydrogen-bond acceptors (Lipinski definition) is 3. The first-order valence-corrected chi connectivity index (χ1v) is 7.84. The van der Waals surface area contributed by atoms with Crippen LogP contribution in [-0.2, 0) is 16.1 Å². The van der Waals surface area contributed by atoms with Crippen LogP contribution in [0.15, 0.2) is 22.8 Å². The molecule has 0 N–H and O–H groups in total. The minimum Gasteiger partial charge on any atom is -0.467 e. The number of likely N-dealkylation sites (tertiary alicyclic amines) is 2. The number of amides is 2. The van der Waals surface area contributed by atoms with Crippen LogP contribution in [0.2, 0.25) is 0 Å². The minimum atomic E-state index is -0.224. The molecule has 1 aromatic heterocycles. The molecule has 0 saturated carbocycles. The molecule has 0 spiro atoms. The molecule has 3 heterocycles. The van der Waals surface area contributed by atoms with E-state index in [0.717, 1.165) is 12.3 Å². The Kier molecular flexibility index (Phi) is 3.34. The van der Waals surface area contributed by atoms with Crippen molar-refractivity contribution in [1.82, 2.24) is 9.80 Å². The summed E-state index contributed by atoms with van der Waals surface area (Å²) in [5.41, 5.74) is -0.0271. The van der Waals surface area contributed by atoms with E-state index in [1.807, 2.05) is 17.0 Å². The average molecular weight is 304 g/mol. The topological polar surface area (TPSA) is 53.8 Å². The van der Waals surface area contributed by atoms with E-state index < -0.39 is 0 Å². The van der Waals surface area contributed by atoms with Crippen LogP contribution >= 0.6 is 0 Å². The van der Waals surface area contributed by atoms with Gasteiger partial charge in [0.2, 0.25) is 11.8 Å². The summed E-state index contributed by atoms with van der Waals surface area (Å²) in [6, 6.07) is 3.66. The van der Waals surface area contributed by atoms with Crippen LogP contribution in [0.5, 0.6) is 0 Å². The van der Waals surface area contributed by atoms with Crippen molar-refractivity contribution in [3.63, 3.8) is 0 Å². The van der Waals surface area contributed by atoms with Gasteiger partial charge in [-0.25, -0.2) is 0 Å². The van der Waals surface area contributed by atoms with Gasteiger partial charge in [0.15, 0.2) is 0 Å². The molecule has 2 aliphatic heterocycles. The van der Waals surface area contributed by atoms with Crippen molar-refractivity contribution < 1.29 is 14.0 Å². The first-order chi connectivity index (χ1) is 10.2. The summed E-state index contributed by atoms with van der Waals surface area (Å²) in [5.74, 6) is 0.677. The molecule has 1 aromatic rings. The van der Waals surface area contributed by atoms with Crippen LogP contribution in [0.3, 0.4) is 0 Å². The van der Waals surface area contributed by atoms with Gasteiger partial charge in [0.05, 0.1) is 18.7 Å². The van der Waals surface area contributed by atoms with Gasteiger partial charge in [0.25, 0.3) is 0 Å². The predicted octanol–water partition coefficient (Wildman–Crippen LogP) is 2.28. The van der Waals surface area contributed by atoms with Crippen molar-refractivity contribution in [2.45, 2.75) is 46.2 Å². The van der Waals surface area contributed by atoms with Gasteiger partial charge in [-0.1, -0.05) is 13.8 Å². The van der Waals surface area contributed by atoms with Crippen LogP contribution in [0.25, 0.3) is 0 Å². The Morgan fingerprint density at radius 3 is 2.64 bits per heavy atom. The molecule has 2 fully saturated rings. The lowest BCUT2D eigenvalue weighted by atomic mass is 9.65. The van der Waals surface area contributed by atoms with Gasteiger partial charge in [-0.3, -0.25) is 9.59 Å². The quantitative estimate of drug-likeness (QED) is 0.861. The molecule has 2 amide bonds. The molecule has 22 heavy (non-hydrogen) atoms. The molecule has 5 heteroatoms. The third-order valence-electron chi connectivity index (χ3n) is 5.64. The fourth-order valence-corrected chi connectivity index (χ4v) is 3.32. The Bertz CT molecular complexity index is 589. The van der Waals surface area contributed by atoms with Gasteiger partial charge in [-0.2, -0.15) is 0 Å². The third-order valence-corrected chi connectivity index (χ3v) is 5.64. The second kappa shape index (κ2) is 4.86. The van der Waals surface area contributed by atoms with Crippen LogP contribution in [-0.4, -0.2) is 40.2 Å². The lowest BCUT2D eigenvalue weighted by Gasteiger charge is -2.61. The van der Waals surface area contributed by atoms with E-state index in [2.05, 4.69) is 27.7 Å². The molecule has 5 nitrogen and oxygen atoms in total. The molecule has 2 aliphatic rings. The third kappa shape index (κ3) is 2.23. The monoisotopic (exact) mass is 304 g/mol. The molecular weight excluding hydrogens is 280 g/mol. The molecule has 0 radical (unpaired) electrons. The summed E-state index contributed by atoms with van der Waals surface area (Å²) in [6.45, 7) is 10.3. The van der Waals surface area contributed by atoms with Gasteiger partial charge < -0.3 is 14.2 Å². The zero-order valence-electron chi connectivity index (χ0n) is 13.8. The fraction of sp³-hybridized carbons (Fsp3) is 0.647. The second-order valence-electron chi connectivity index (χ2n) is 7.62. The van der Waals surface area contributed by atoms with Gasteiger partial charge in [-0.05, 0) is 26.0 Å². The summed E-state index contributed by atoms with van der Waals surface area (Å²) in [7, 11) is 0. The molecule has 1 atom stereocenters. The Morgan fingerprint density at radius 2 is 2.09 bits per heavy atom. The van der Waals surface area contributed by atoms with E-state index in [9.17, 15) is 9.59 Å². The molecule has 3 rings (SSSR count). The van der Waals surface area contributed by atoms with Gasteiger partial charge >= 0.3 is 0 Å². The summed E-state index contributed by atoms with van der Waals surface area (Å²) in [6.07, 6.45) is 1.91. The minimum absolute atomic E-state index is 0.0346. The van der Waals surface area contributed by atoms with Crippen LogP contribution in [0, 0.1) is 11.3 Å². The van der Waals surface area contributed by atoms with Gasteiger partial charge in [-0.15, -0.1) is 0 Å². The maximum Gasteiger partial charge on any atom is 0.228 e. The number of carbonyl (C=O) groups excluding carboxylic acids is 2. The van der Waals surface area contributed by atoms with Crippen LogP contribution < -0.4 is 0 Å². The highest BCUT2D eigenvalue weighted by Gasteiger charge is 2.56. The Morgan fingerprint density at radius 1 is 1.36 bits per heavy atom. The molecule has 0 bridgehead atoms. The molecule has 1 unspecified atom stereocenters. The predicted molar refractivity (Wildman–Crippen MR) is 81.8 cm³/mol. The normalized spacial score (nSPS) is 26.2. The number of carbonyl (C=O) groups is 2. The summed E-state index contributed by atoms with van der Waals surface area (Å²) in [4.78, 5) is 28.5.